The number of ether oxygens (including phenoxy) is 1. The summed E-state index contributed by atoms with van der Waals surface area (Å²) < 4.78 is 8.07. The quantitative estimate of drug-likeness (QED) is 0.109. The van der Waals surface area contributed by atoms with Crippen molar-refractivity contribution in [1.82, 2.24) is 0 Å². The van der Waals surface area contributed by atoms with Gasteiger partial charge in [0.15, 0.2) is 12.7 Å². The van der Waals surface area contributed by atoms with Crippen molar-refractivity contribution in [3.63, 3.8) is 0 Å². The van der Waals surface area contributed by atoms with E-state index in [1.54, 1.807) is 29.5 Å². The monoisotopic (exact) mass is 569 g/mol. The molecule has 1 amide bonds. The summed E-state index contributed by atoms with van der Waals surface area (Å²) in [7, 11) is 0. The van der Waals surface area contributed by atoms with Crippen molar-refractivity contribution in [2.45, 2.75) is 103 Å². The Morgan fingerprint density at radius 3 is 2.05 bits per heavy atom. The first-order valence-electron chi connectivity index (χ1n) is 14.9. The zero-order valence-electron chi connectivity index (χ0n) is 23.6. The molecule has 0 fully saturated rings. The summed E-state index contributed by atoms with van der Waals surface area (Å²) in [4.78, 5) is 12.8. The van der Waals surface area contributed by atoms with Crippen LogP contribution in [0, 0.1) is 0 Å². The fourth-order valence-electron chi connectivity index (χ4n) is 4.69. The predicted octanol–water partition coefficient (Wildman–Crippen LogP) is 9.85. The van der Waals surface area contributed by atoms with E-state index in [9.17, 15) is 4.79 Å². The number of unbranched alkanes of at least 4 members (excludes halogenated alkanes) is 13. The van der Waals surface area contributed by atoms with Crippen LogP contribution < -0.4 is 14.6 Å². The average Bonchev–Trinajstić information content (AvgIpc) is 3.46. The summed E-state index contributed by atoms with van der Waals surface area (Å²) >= 11 is 8.01. The third-order valence-electron chi connectivity index (χ3n) is 7.05. The molecule has 39 heavy (non-hydrogen) atoms. The third kappa shape index (κ3) is 12.6. The molecular formula is C33H46ClN2O2S+. The number of carbonyl (C=O) groups excluding carboxylic acids is 1. The van der Waals surface area contributed by atoms with E-state index in [2.05, 4.69) is 33.9 Å². The Morgan fingerprint density at radius 1 is 0.846 bits per heavy atom. The van der Waals surface area contributed by atoms with Gasteiger partial charge in [-0.2, -0.15) is 4.57 Å². The van der Waals surface area contributed by atoms with Crippen LogP contribution in [-0.2, 0) is 6.54 Å². The molecule has 0 aliphatic heterocycles. The van der Waals surface area contributed by atoms with Crippen molar-refractivity contribution in [3.8, 4) is 5.75 Å². The molecule has 0 atom stereocenters. The topological polar surface area (TPSA) is 42.2 Å². The van der Waals surface area contributed by atoms with Gasteiger partial charge in [0.25, 0.3) is 5.91 Å². The second kappa shape index (κ2) is 18.8. The van der Waals surface area contributed by atoms with Crippen molar-refractivity contribution in [2.24, 2.45) is 0 Å². The highest BCUT2D eigenvalue weighted by atomic mass is 35.5. The minimum atomic E-state index is -0.173. The van der Waals surface area contributed by atoms with Crippen molar-refractivity contribution in [1.29, 1.82) is 0 Å². The molecule has 1 heterocycles. The molecule has 0 aliphatic carbocycles. The fourth-order valence-corrected chi connectivity index (χ4v) is 5.46. The summed E-state index contributed by atoms with van der Waals surface area (Å²) in [6.45, 7) is 3.71. The van der Waals surface area contributed by atoms with Gasteiger partial charge < -0.3 is 10.1 Å². The van der Waals surface area contributed by atoms with Crippen LogP contribution in [0.1, 0.15) is 113 Å². The van der Waals surface area contributed by atoms with E-state index in [0.29, 0.717) is 22.9 Å². The lowest BCUT2D eigenvalue weighted by molar-refractivity contribution is -0.683. The van der Waals surface area contributed by atoms with E-state index in [-0.39, 0.29) is 5.91 Å². The number of nitrogens with zero attached hydrogens (tertiary/aromatic N) is 1. The maximum absolute atomic E-state index is 12.8. The predicted molar refractivity (Wildman–Crippen MR) is 165 cm³/mol. The molecule has 1 aromatic heterocycles. The molecular weight excluding hydrogens is 524 g/mol. The molecule has 3 aromatic rings. The van der Waals surface area contributed by atoms with Gasteiger partial charge in [-0.3, -0.25) is 4.79 Å². The normalized spacial score (nSPS) is 11.0. The number of nitrogens with one attached hydrogen (secondary N) is 1. The Hall–Kier alpha value is -2.37. The van der Waals surface area contributed by atoms with E-state index >= 15 is 0 Å². The van der Waals surface area contributed by atoms with Gasteiger partial charge in [-0.15, -0.1) is 0 Å². The van der Waals surface area contributed by atoms with E-state index < -0.39 is 0 Å². The number of hydrogen-bond donors (Lipinski definition) is 1. The van der Waals surface area contributed by atoms with E-state index in [4.69, 9.17) is 16.3 Å². The number of carbonyl (C=O) groups is 1. The number of amides is 1. The summed E-state index contributed by atoms with van der Waals surface area (Å²) in [6, 6.07) is 13.1. The van der Waals surface area contributed by atoms with Gasteiger partial charge in [0.1, 0.15) is 5.75 Å². The van der Waals surface area contributed by atoms with Crippen LogP contribution in [0.3, 0.4) is 0 Å². The molecule has 6 heteroatoms. The van der Waals surface area contributed by atoms with Crippen LogP contribution in [0.4, 0.5) is 5.69 Å². The highest BCUT2D eigenvalue weighted by Gasteiger charge is 2.11. The molecule has 0 saturated carbocycles. The summed E-state index contributed by atoms with van der Waals surface area (Å²) in [6.07, 6.45) is 20.7. The largest absolute Gasteiger partial charge is 0.492 e. The maximum Gasteiger partial charge on any atom is 0.255 e. The molecule has 4 nitrogen and oxygen atoms in total. The number of rotatable bonds is 20. The van der Waals surface area contributed by atoms with Gasteiger partial charge in [-0.05, 0) is 36.8 Å². The Bertz CT molecular complexity index is 1070. The van der Waals surface area contributed by atoms with E-state index in [1.807, 2.05) is 24.3 Å². The van der Waals surface area contributed by atoms with Crippen LogP contribution in [0.25, 0.3) is 0 Å². The van der Waals surface area contributed by atoms with Gasteiger partial charge in [0.05, 0.1) is 17.0 Å². The first kappa shape index (κ1) is 31.2. The van der Waals surface area contributed by atoms with Crippen molar-refractivity contribution >= 4 is 34.5 Å². The van der Waals surface area contributed by atoms with Gasteiger partial charge in [-0.1, -0.05) is 125 Å². The summed E-state index contributed by atoms with van der Waals surface area (Å²) in [5, 5.41) is 5.56. The summed E-state index contributed by atoms with van der Waals surface area (Å²) in [5.74, 6) is 0.398. The van der Waals surface area contributed by atoms with Crippen LogP contribution in [0.5, 0.6) is 5.75 Å². The van der Waals surface area contributed by atoms with E-state index in [0.717, 1.165) is 25.1 Å². The molecule has 1 N–H and O–H groups in total. The highest BCUT2D eigenvalue weighted by Crippen LogP contribution is 2.26. The average molecular weight is 570 g/mol. The highest BCUT2D eigenvalue weighted by molar-refractivity contribution is 7.07. The lowest BCUT2D eigenvalue weighted by Gasteiger charge is -2.11. The Kier molecular flexibility index (Phi) is 15.0. The third-order valence-corrected chi connectivity index (χ3v) is 8.04. The number of hydrogen-bond acceptors (Lipinski definition) is 3. The maximum atomic E-state index is 12.8. The van der Waals surface area contributed by atoms with Crippen LogP contribution in [0.2, 0.25) is 5.02 Å². The van der Waals surface area contributed by atoms with Crippen molar-refractivity contribution in [2.75, 3.05) is 11.9 Å². The summed E-state index contributed by atoms with van der Waals surface area (Å²) in [5.41, 5.74) is 4.56. The Balaban J connectivity index is 1.27. The molecule has 0 spiro atoms. The zero-order valence-corrected chi connectivity index (χ0v) is 25.2. The first-order valence-corrected chi connectivity index (χ1v) is 16.2. The molecule has 0 saturated heterocycles. The Labute approximate surface area is 244 Å². The zero-order chi connectivity index (χ0) is 27.5. The second-order valence-electron chi connectivity index (χ2n) is 10.4. The second-order valence-corrected chi connectivity index (χ2v) is 11.6. The van der Waals surface area contributed by atoms with Gasteiger partial charge in [0.2, 0.25) is 5.51 Å². The number of aromatic nitrogens is 1. The van der Waals surface area contributed by atoms with Gasteiger partial charge in [-0.25, -0.2) is 0 Å². The number of benzene rings is 2. The lowest BCUT2D eigenvalue weighted by Crippen LogP contribution is -2.30. The molecule has 2 aromatic carbocycles. The number of halogens is 1. The van der Waals surface area contributed by atoms with Crippen LogP contribution in [-0.4, -0.2) is 12.5 Å². The molecule has 0 radical (unpaired) electrons. The minimum absolute atomic E-state index is 0.173. The van der Waals surface area contributed by atoms with Gasteiger partial charge in [0, 0.05) is 16.8 Å². The molecule has 212 valence electrons. The standard InChI is InChI=1S/C33H45ClN2O2S/c1-2-3-4-5-6-7-8-9-10-11-12-13-14-15-23-38-32-25-29(18-21-31(32)34)33(37)35-30-19-16-28(17-20-30)26-36-22-24-39-27-36/h16-22,24-25,27H,2-15,23,26H2,1H3/p+1. The number of thiazole rings is 1. The smallest absolute Gasteiger partial charge is 0.255 e. The number of anilines is 1. The fraction of sp³-hybridized carbons (Fsp3) is 0.515. The van der Waals surface area contributed by atoms with E-state index in [1.165, 1.54) is 82.6 Å². The van der Waals surface area contributed by atoms with Crippen molar-refractivity contribution < 1.29 is 14.1 Å². The molecule has 0 aliphatic rings. The van der Waals surface area contributed by atoms with Crippen LogP contribution >= 0.6 is 22.9 Å². The van der Waals surface area contributed by atoms with Gasteiger partial charge >= 0.3 is 0 Å². The Morgan fingerprint density at radius 2 is 1.46 bits per heavy atom. The lowest BCUT2D eigenvalue weighted by atomic mass is 10.0. The molecule has 0 unspecified atom stereocenters. The molecule has 0 bridgehead atoms. The van der Waals surface area contributed by atoms with Crippen molar-refractivity contribution in [3.05, 3.63) is 75.7 Å². The first-order chi connectivity index (χ1) is 19.2. The minimum Gasteiger partial charge on any atom is -0.492 e. The molecule has 3 rings (SSSR count). The van der Waals surface area contributed by atoms with Crippen LogP contribution in [0.15, 0.2) is 59.6 Å². The SMILES string of the molecule is CCCCCCCCCCCCCCCCOc1cc(C(=O)Nc2ccc(C[n+]3ccsc3)cc2)ccc1Cl.